The Morgan fingerprint density at radius 2 is 0.906 bits per heavy atom. The fraction of sp³-hybridized carbons (Fsp3) is 0.643. The minimum Gasteiger partial charge on any atom is -0.237 e. The molecule has 0 atom stereocenters. The predicted molar refractivity (Wildman–Crippen MR) is 142 cm³/mol. The molecule has 2 nitrogen and oxygen atoms in total. The van der Waals surface area contributed by atoms with Gasteiger partial charge in [0.1, 0.15) is 9.75 Å². The summed E-state index contributed by atoms with van der Waals surface area (Å²) in [4.78, 5) is 11.7. The van der Waals surface area contributed by atoms with Gasteiger partial charge in [-0.1, -0.05) is 103 Å². The highest BCUT2D eigenvalue weighted by Gasteiger charge is 2.17. The summed E-state index contributed by atoms with van der Waals surface area (Å²) in [5, 5.41) is 1.87. The number of thiazole rings is 2. The second-order valence-electron chi connectivity index (χ2n) is 8.62. The number of hydrogen-bond acceptors (Lipinski definition) is 4. The zero-order valence-electron chi connectivity index (χ0n) is 20.2. The van der Waals surface area contributed by atoms with Crippen molar-refractivity contribution >= 4 is 22.7 Å². The fourth-order valence-electron chi connectivity index (χ4n) is 3.95. The van der Waals surface area contributed by atoms with Crippen molar-refractivity contribution in [2.24, 2.45) is 0 Å². The zero-order chi connectivity index (χ0) is 23.0. The Bertz CT molecular complexity index is 791. The van der Waals surface area contributed by atoms with Crippen molar-refractivity contribution in [1.82, 2.24) is 9.97 Å². The van der Waals surface area contributed by atoms with Gasteiger partial charge in [-0.2, -0.15) is 0 Å². The van der Waals surface area contributed by atoms with E-state index in [-0.39, 0.29) is 0 Å². The van der Waals surface area contributed by atoms with Crippen molar-refractivity contribution in [3.63, 3.8) is 0 Å². The van der Waals surface area contributed by atoms with Gasteiger partial charge in [-0.05, 0) is 25.7 Å². The van der Waals surface area contributed by atoms with Crippen LogP contribution in [0.25, 0.3) is 10.0 Å². The van der Waals surface area contributed by atoms with E-state index in [2.05, 4.69) is 25.7 Å². The minimum absolute atomic E-state index is 0.934. The van der Waals surface area contributed by atoms with Crippen LogP contribution in [0.1, 0.15) is 125 Å². The van der Waals surface area contributed by atoms with E-state index in [1.807, 2.05) is 0 Å². The van der Waals surface area contributed by atoms with Gasteiger partial charge in [0.05, 0.1) is 11.4 Å². The molecule has 0 aromatic carbocycles. The summed E-state index contributed by atoms with van der Waals surface area (Å²) in [6.45, 7) is 4.52. The SMILES string of the molecule is C#Cc1sc(-c2nc(CCCCCCCCC)c(C#C)s2)nc1CCCCCCCCC. The maximum atomic E-state index is 5.78. The third-order valence-electron chi connectivity index (χ3n) is 5.87. The van der Waals surface area contributed by atoms with Crippen molar-refractivity contribution in [1.29, 1.82) is 0 Å². The van der Waals surface area contributed by atoms with Crippen molar-refractivity contribution in [2.45, 2.75) is 117 Å². The quantitative estimate of drug-likeness (QED) is 0.171. The molecule has 2 heterocycles. The lowest BCUT2D eigenvalue weighted by molar-refractivity contribution is 0.587. The molecule has 0 fully saturated rings. The van der Waals surface area contributed by atoms with Crippen LogP contribution in [-0.4, -0.2) is 9.97 Å². The average Bonchev–Trinajstić information content (AvgIpc) is 3.41. The Morgan fingerprint density at radius 1 is 0.562 bits per heavy atom. The number of unbranched alkanes of at least 4 members (excludes halogenated alkanes) is 12. The van der Waals surface area contributed by atoms with Crippen LogP contribution in [0.4, 0.5) is 0 Å². The summed E-state index contributed by atoms with van der Waals surface area (Å²) in [6, 6.07) is 0. The number of aryl methyl sites for hydroxylation is 2. The number of terminal acetylenes is 2. The monoisotopic (exact) mass is 468 g/mol. The van der Waals surface area contributed by atoms with Crippen LogP contribution < -0.4 is 0 Å². The smallest absolute Gasteiger partial charge is 0.153 e. The Hall–Kier alpha value is -1.62. The van der Waals surface area contributed by atoms with Crippen LogP contribution in [0.2, 0.25) is 0 Å². The van der Waals surface area contributed by atoms with Gasteiger partial charge >= 0.3 is 0 Å². The van der Waals surface area contributed by atoms with Crippen LogP contribution in [-0.2, 0) is 12.8 Å². The van der Waals surface area contributed by atoms with Crippen LogP contribution in [0, 0.1) is 24.7 Å². The van der Waals surface area contributed by atoms with Gasteiger partial charge in [0.15, 0.2) is 10.0 Å². The Kier molecular flexibility index (Phi) is 13.4. The van der Waals surface area contributed by atoms with E-state index in [0.29, 0.717) is 0 Å². The van der Waals surface area contributed by atoms with E-state index in [9.17, 15) is 0 Å². The third kappa shape index (κ3) is 9.09. The number of hydrogen-bond donors (Lipinski definition) is 0. The van der Waals surface area contributed by atoms with Crippen molar-refractivity contribution < 1.29 is 0 Å². The Balaban J connectivity index is 1.89. The van der Waals surface area contributed by atoms with Gasteiger partial charge in [-0.25, -0.2) is 9.97 Å². The summed E-state index contributed by atoms with van der Waals surface area (Å²) < 4.78 is 0. The van der Waals surface area contributed by atoms with Gasteiger partial charge in [0.25, 0.3) is 0 Å². The van der Waals surface area contributed by atoms with Crippen LogP contribution in [0.3, 0.4) is 0 Å². The Morgan fingerprint density at radius 3 is 1.25 bits per heavy atom. The van der Waals surface area contributed by atoms with Crippen LogP contribution in [0.5, 0.6) is 0 Å². The highest BCUT2D eigenvalue weighted by atomic mass is 32.1. The van der Waals surface area contributed by atoms with Gasteiger partial charge < -0.3 is 0 Å². The van der Waals surface area contributed by atoms with E-state index in [1.54, 1.807) is 22.7 Å². The van der Waals surface area contributed by atoms with Gasteiger partial charge in [0.2, 0.25) is 0 Å². The molecule has 32 heavy (non-hydrogen) atoms. The zero-order valence-corrected chi connectivity index (χ0v) is 21.8. The minimum atomic E-state index is 0.934. The van der Waals surface area contributed by atoms with Crippen LogP contribution >= 0.6 is 22.7 Å². The molecule has 0 saturated carbocycles. The normalized spacial score (nSPS) is 10.9. The summed E-state index contributed by atoms with van der Waals surface area (Å²) in [7, 11) is 0. The molecule has 0 bridgehead atoms. The maximum absolute atomic E-state index is 5.78. The summed E-state index contributed by atoms with van der Waals surface area (Å²) in [5.41, 5.74) is 2.12. The first-order valence-electron chi connectivity index (χ1n) is 12.7. The standard InChI is InChI=1S/C28H40N2S2/c1-5-9-11-13-15-17-19-21-23-25(7-3)31-27(29-23)28-30-24(26(8-4)32-28)22-20-18-16-14-12-10-6-2/h3-4H,5-6,9-22H2,1-2H3. The molecule has 0 unspecified atom stereocenters. The topological polar surface area (TPSA) is 25.8 Å². The first kappa shape index (κ1) is 26.6. The molecule has 0 aliphatic heterocycles. The van der Waals surface area contributed by atoms with Crippen molar-refractivity contribution in [3.8, 4) is 34.7 Å². The summed E-state index contributed by atoms with van der Waals surface area (Å²) in [6.07, 6.45) is 31.6. The third-order valence-corrected chi connectivity index (χ3v) is 8.07. The largest absolute Gasteiger partial charge is 0.237 e. The van der Waals surface area contributed by atoms with Crippen molar-refractivity contribution in [2.75, 3.05) is 0 Å². The molecule has 0 aliphatic rings. The average molecular weight is 469 g/mol. The lowest BCUT2D eigenvalue weighted by Gasteiger charge is -2.00. The molecule has 0 radical (unpaired) electrons. The molecular weight excluding hydrogens is 428 g/mol. The second kappa shape index (κ2) is 16.1. The van der Waals surface area contributed by atoms with Gasteiger partial charge in [-0.15, -0.1) is 35.5 Å². The molecule has 2 aromatic rings. The molecule has 0 N–H and O–H groups in total. The molecule has 2 rings (SSSR count). The fourth-order valence-corrected chi connectivity index (χ4v) is 5.81. The molecule has 2 aromatic heterocycles. The summed E-state index contributed by atoms with van der Waals surface area (Å²) >= 11 is 3.18. The molecule has 0 spiro atoms. The second-order valence-corrected chi connectivity index (χ2v) is 10.6. The van der Waals surface area contributed by atoms with Gasteiger partial charge in [-0.3, -0.25) is 0 Å². The number of aromatic nitrogens is 2. The van der Waals surface area contributed by atoms with E-state index in [0.717, 1.165) is 56.8 Å². The predicted octanol–water partition coefficient (Wildman–Crippen LogP) is 8.82. The van der Waals surface area contributed by atoms with E-state index in [4.69, 9.17) is 22.8 Å². The summed E-state index contributed by atoms with van der Waals surface area (Å²) in [5.74, 6) is 5.69. The molecule has 0 aliphatic carbocycles. The Labute approximate surface area is 204 Å². The highest BCUT2D eigenvalue weighted by Crippen LogP contribution is 2.33. The molecule has 4 heteroatoms. The van der Waals surface area contributed by atoms with E-state index in [1.165, 1.54) is 77.0 Å². The van der Waals surface area contributed by atoms with Gasteiger partial charge in [0, 0.05) is 0 Å². The van der Waals surface area contributed by atoms with E-state index < -0.39 is 0 Å². The molecular formula is C28H40N2S2. The molecule has 0 amide bonds. The maximum Gasteiger partial charge on any atom is 0.153 e. The lowest BCUT2D eigenvalue weighted by atomic mass is 10.1. The highest BCUT2D eigenvalue weighted by molar-refractivity contribution is 7.22. The number of nitrogens with zero attached hydrogens (tertiary/aromatic N) is 2. The number of rotatable bonds is 17. The molecule has 0 saturated heterocycles. The van der Waals surface area contributed by atoms with E-state index >= 15 is 0 Å². The lowest BCUT2D eigenvalue weighted by Crippen LogP contribution is -1.91. The molecule has 174 valence electrons. The first-order valence-corrected chi connectivity index (χ1v) is 14.3. The van der Waals surface area contributed by atoms with Crippen LogP contribution in [0.15, 0.2) is 0 Å². The van der Waals surface area contributed by atoms with Crippen molar-refractivity contribution in [3.05, 3.63) is 21.1 Å². The first-order chi connectivity index (χ1) is 15.7.